The minimum atomic E-state index is 0.789. The van der Waals surface area contributed by atoms with E-state index in [-0.39, 0.29) is 0 Å². The van der Waals surface area contributed by atoms with E-state index < -0.39 is 0 Å². The Morgan fingerprint density at radius 1 is 0.283 bits per heavy atom. The summed E-state index contributed by atoms with van der Waals surface area (Å²) in [6.45, 7) is 0. The van der Waals surface area contributed by atoms with Gasteiger partial charge in [0.25, 0.3) is 0 Å². The number of hydrogen-bond donors (Lipinski definition) is 0. The Kier molecular flexibility index (Phi) is 7.86. The summed E-state index contributed by atoms with van der Waals surface area (Å²) in [7, 11) is 0. The lowest BCUT2D eigenvalue weighted by Crippen LogP contribution is -2.10. The zero-order valence-corrected chi connectivity index (χ0v) is 30.2. The zero-order valence-electron chi connectivity index (χ0n) is 28.6. The smallest absolute Gasteiger partial charge is 0.129 e. The quantitative estimate of drug-likeness (QED) is 0.156. The molecule has 5 heteroatoms. The van der Waals surface area contributed by atoms with Gasteiger partial charge in [-0.25, -0.2) is 0 Å². The van der Waals surface area contributed by atoms with E-state index >= 15 is 0 Å². The second kappa shape index (κ2) is 13.3. The van der Waals surface area contributed by atoms with E-state index in [0.717, 1.165) is 45.6 Å². The fourth-order valence-electron chi connectivity index (χ4n) is 7.24. The van der Waals surface area contributed by atoms with Gasteiger partial charge in [-0.3, -0.25) is 0 Å². The summed E-state index contributed by atoms with van der Waals surface area (Å²) in [4.78, 5) is 4.68. The third kappa shape index (κ3) is 5.86. The fraction of sp³-hybridized carbons (Fsp3) is 0. The van der Waals surface area contributed by atoms with Crippen LogP contribution < -0.4 is 14.5 Å². The lowest BCUT2D eigenvalue weighted by molar-refractivity contribution is 0.483. The van der Waals surface area contributed by atoms with Crippen LogP contribution in [0.15, 0.2) is 194 Å². The molecule has 0 spiro atoms. The monoisotopic (exact) mass is 716 g/mol. The van der Waals surface area contributed by atoms with Crippen LogP contribution in [0.25, 0.3) is 40.3 Å². The first kappa shape index (κ1) is 31.3. The molecular formula is C48H32N2OS2. The number of hydrogen-bond acceptors (Lipinski definition) is 5. The Hall–Kier alpha value is -6.40. The van der Waals surface area contributed by atoms with E-state index in [0.29, 0.717) is 0 Å². The van der Waals surface area contributed by atoms with Gasteiger partial charge in [-0.15, -0.1) is 22.7 Å². The van der Waals surface area contributed by atoms with Crippen molar-refractivity contribution < 1.29 is 4.74 Å². The number of fused-ring (bicyclic) bond motifs is 6. The first-order valence-corrected chi connectivity index (χ1v) is 19.3. The lowest BCUT2D eigenvalue weighted by atomic mass is 10.1. The Labute approximate surface area is 315 Å². The van der Waals surface area contributed by atoms with Gasteiger partial charge in [0.05, 0.1) is 0 Å². The molecule has 8 aromatic carbocycles. The van der Waals surface area contributed by atoms with Crippen LogP contribution in [0.3, 0.4) is 0 Å². The lowest BCUT2D eigenvalue weighted by Gasteiger charge is -2.26. The van der Waals surface area contributed by atoms with Gasteiger partial charge in [0.15, 0.2) is 0 Å². The predicted molar refractivity (Wildman–Crippen MR) is 228 cm³/mol. The van der Waals surface area contributed by atoms with E-state index in [9.17, 15) is 0 Å². The molecule has 53 heavy (non-hydrogen) atoms. The maximum atomic E-state index is 6.33. The number of ether oxygens (including phenoxy) is 1. The molecule has 0 unspecified atom stereocenters. The van der Waals surface area contributed by atoms with Crippen LogP contribution in [0.4, 0.5) is 34.1 Å². The SMILES string of the molecule is c1ccc(Oc2cccc(N(c3ccc4c(c3)sc3ccc(N(c5ccccc5)c5ccccc5)cc34)c3ccc4sc5ccccc5c4c3)c2)cc1. The molecule has 3 nitrogen and oxygen atoms in total. The largest absolute Gasteiger partial charge is 0.457 e. The highest BCUT2D eigenvalue weighted by Gasteiger charge is 2.19. The Morgan fingerprint density at radius 2 is 0.736 bits per heavy atom. The summed E-state index contributed by atoms with van der Waals surface area (Å²) in [6, 6.07) is 68.8. The van der Waals surface area contributed by atoms with Gasteiger partial charge in [0.2, 0.25) is 0 Å². The summed E-state index contributed by atoms with van der Waals surface area (Å²) in [5.74, 6) is 1.60. The third-order valence-corrected chi connectivity index (χ3v) is 11.9. The van der Waals surface area contributed by atoms with Crippen molar-refractivity contribution in [1.82, 2.24) is 0 Å². The van der Waals surface area contributed by atoms with E-state index in [1.165, 1.54) is 40.3 Å². The van der Waals surface area contributed by atoms with Crippen molar-refractivity contribution in [3.05, 3.63) is 194 Å². The standard InChI is InChI=1S/C48H32N2OS2/c1-4-13-33(14-5-1)49(34-15-6-2-7-16-34)36-24-28-47-44(30-36)42-26-23-38(32-48(42)53-47)50(35-17-12-20-40(29-35)51-39-18-8-3-9-19-39)37-25-27-46-43(31-37)41-21-10-11-22-45(41)52-46/h1-32H. The Morgan fingerprint density at radius 3 is 1.42 bits per heavy atom. The Balaban J connectivity index is 1.11. The molecule has 0 aliphatic carbocycles. The molecule has 0 bridgehead atoms. The summed E-state index contributed by atoms with van der Waals surface area (Å²) in [5.41, 5.74) is 6.61. The van der Waals surface area contributed by atoms with E-state index in [1.54, 1.807) is 0 Å². The van der Waals surface area contributed by atoms with Gasteiger partial charge < -0.3 is 14.5 Å². The molecule has 0 atom stereocenters. The molecule has 10 aromatic rings. The topological polar surface area (TPSA) is 15.7 Å². The van der Waals surface area contributed by atoms with Crippen molar-refractivity contribution in [3.8, 4) is 11.5 Å². The molecule has 10 rings (SSSR count). The van der Waals surface area contributed by atoms with Gasteiger partial charge in [0.1, 0.15) is 11.5 Å². The van der Waals surface area contributed by atoms with Crippen LogP contribution in [0.2, 0.25) is 0 Å². The van der Waals surface area contributed by atoms with Crippen LogP contribution in [0, 0.1) is 0 Å². The molecule has 0 N–H and O–H groups in total. The molecule has 0 radical (unpaired) electrons. The second-order valence-corrected chi connectivity index (χ2v) is 15.2. The summed E-state index contributed by atoms with van der Waals surface area (Å²) in [6.07, 6.45) is 0. The van der Waals surface area contributed by atoms with Crippen molar-refractivity contribution in [2.24, 2.45) is 0 Å². The first-order valence-electron chi connectivity index (χ1n) is 17.7. The molecule has 0 saturated carbocycles. The van der Waals surface area contributed by atoms with Crippen LogP contribution >= 0.6 is 22.7 Å². The van der Waals surface area contributed by atoms with E-state index in [1.807, 2.05) is 59.1 Å². The summed E-state index contributed by atoms with van der Waals surface area (Å²) >= 11 is 3.68. The first-order chi connectivity index (χ1) is 26.2. The number of anilines is 6. The highest BCUT2D eigenvalue weighted by Crippen LogP contribution is 2.45. The fourth-order valence-corrected chi connectivity index (χ4v) is 9.45. The van der Waals surface area contributed by atoms with Gasteiger partial charge in [-0.05, 0) is 103 Å². The Bertz CT molecular complexity index is 2840. The number of para-hydroxylation sites is 3. The number of thiophene rings is 2. The van der Waals surface area contributed by atoms with Crippen molar-refractivity contribution in [1.29, 1.82) is 0 Å². The molecule has 2 aromatic heterocycles. The number of benzene rings is 8. The highest BCUT2D eigenvalue weighted by atomic mass is 32.1. The third-order valence-electron chi connectivity index (χ3n) is 9.66. The van der Waals surface area contributed by atoms with Gasteiger partial charge in [0, 0.05) is 80.5 Å². The zero-order chi connectivity index (χ0) is 35.1. The number of rotatable bonds is 8. The van der Waals surface area contributed by atoms with Crippen LogP contribution in [-0.4, -0.2) is 0 Å². The summed E-state index contributed by atoms with van der Waals surface area (Å²) in [5, 5.41) is 5.05. The minimum Gasteiger partial charge on any atom is -0.457 e. The van der Waals surface area contributed by atoms with Gasteiger partial charge >= 0.3 is 0 Å². The van der Waals surface area contributed by atoms with Crippen LogP contribution in [-0.2, 0) is 0 Å². The molecule has 2 heterocycles. The molecule has 0 aliphatic rings. The van der Waals surface area contributed by atoms with Crippen molar-refractivity contribution in [2.45, 2.75) is 0 Å². The molecule has 0 amide bonds. The van der Waals surface area contributed by atoms with Crippen molar-refractivity contribution in [2.75, 3.05) is 9.80 Å². The van der Waals surface area contributed by atoms with Crippen LogP contribution in [0.5, 0.6) is 11.5 Å². The second-order valence-electron chi connectivity index (χ2n) is 13.0. The number of nitrogens with zero attached hydrogens (tertiary/aromatic N) is 2. The minimum absolute atomic E-state index is 0.789. The average molecular weight is 717 g/mol. The molecule has 252 valence electrons. The normalized spacial score (nSPS) is 11.4. The molecule has 0 fully saturated rings. The van der Waals surface area contributed by atoms with E-state index in [4.69, 9.17) is 4.74 Å². The van der Waals surface area contributed by atoms with Crippen LogP contribution in [0.1, 0.15) is 0 Å². The average Bonchev–Trinajstić information content (AvgIpc) is 3.77. The van der Waals surface area contributed by atoms with Crippen molar-refractivity contribution in [3.63, 3.8) is 0 Å². The maximum absolute atomic E-state index is 6.33. The van der Waals surface area contributed by atoms with Gasteiger partial charge in [-0.1, -0.05) is 84.9 Å². The highest BCUT2D eigenvalue weighted by molar-refractivity contribution is 7.26. The molecule has 0 aliphatic heterocycles. The van der Waals surface area contributed by atoms with E-state index in [2.05, 4.69) is 168 Å². The molecule has 0 saturated heterocycles. The summed E-state index contributed by atoms with van der Waals surface area (Å²) < 4.78 is 11.4. The predicted octanol–water partition coefficient (Wildman–Crippen LogP) is 15.2. The maximum Gasteiger partial charge on any atom is 0.129 e. The van der Waals surface area contributed by atoms with Gasteiger partial charge in [-0.2, -0.15) is 0 Å². The molecular weight excluding hydrogens is 685 g/mol. The van der Waals surface area contributed by atoms with Crippen molar-refractivity contribution >= 4 is 97.1 Å².